The Morgan fingerprint density at radius 2 is 1.89 bits per heavy atom. The standard InChI is InChI=1S/C15H30N2O/c1-2-13-7-3-4-8-15(13)16-11-14(18)12-17-9-5-6-10-17/h13-16,18H,2-12H2,1H3. The number of nitrogens with zero attached hydrogens (tertiary/aromatic N) is 1. The highest BCUT2D eigenvalue weighted by molar-refractivity contribution is 4.81. The van der Waals surface area contributed by atoms with E-state index in [4.69, 9.17) is 0 Å². The molecule has 3 nitrogen and oxygen atoms in total. The molecule has 0 radical (unpaired) electrons. The van der Waals surface area contributed by atoms with Gasteiger partial charge in [-0.1, -0.05) is 26.2 Å². The average Bonchev–Trinajstić information content (AvgIpc) is 2.89. The molecule has 2 rings (SSSR count). The van der Waals surface area contributed by atoms with Crippen molar-refractivity contribution in [2.75, 3.05) is 26.2 Å². The molecule has 3 unspecified atom stereocenters. The third-order valence-electron chi connectivity index (χ3n) is 4.72. The molecular weight excluding hydrogens is 224 g/mol. The SMILES string of the molecule is CCC1CCCCC1NCC(O)CN1CCCC1. The number of hydrogen-bond acceptors (Lipinski definition) is 3. The van der Waals surface area contributed by atoms with Crippen molar-refractivity contribution >= 4 is 0 Å². The Morgan fingerprint density at radius 1 is 1.17 bits per heavy atom. The van der Waals surface area contributed by atoms with Crippen LogP contribution in [-0.2, 0) is 0 Å². The van der Waals surface area contributed by atoms with Gasteiger partial charge in [0.2, 0.25) is 0 Å². The topological polar surface area (TPSA) is 35.5 Å². The lowest BCUT2D eigenvalue weighted by Crippen LogP contribution is -2.44. The summed E-state index contributed by atoms with van der Waals surface area (Å²) >= 11 is 0. The minimum absolute atomic E-state index is 0.192. The minimum Gasteiger partial charge on any atom is -0.390 e. The van der Waals surface area contributed by atoms with Crippen LogP contribution in [0.4, 0.5) is 0 Å². The van der Waals surface area contributed by atoms with Crippen molar-refractivity contribution in [2.45, 2.75) is 64.0 Å². The van der Waals surface area contributed by atoms with Crippen LogP contribution in [0.15, 0.2) is 0 Å². The van der Waals surface area contributed by atoms with Crippen molar-refractivity contribution in [3.8, 4) is 0 Å². The Labute approximate surface area is 112 Å². The van der Waals surface area contributed by atoms with Gasteiger partial charge in [0.05, 0.1) is 6.10 Å². The first kappa shape index (κ1) is 14.3. The largest absolute Gasteiger partial charge is 0.390 e. The molecule has 1 aliphatic heterocycles. The van der Waals surface area contributed by atoms with Crippen LogP contribution in [0.3, 0.4) is 0 Å². The van der Waals surface area contributed by atoms with Crippen molar-refractivity contribution in [3.05, 3.63) is 0 Å². The summed E-state index contributed by atoms with van der Waals surface area (Å²) in [5.74, 6) is 0.831. The molecular formula is C15H30N2O. The number of hydrogen-bond donors (Lipinski definition) is 2. The van der Waals surface area contributed by atoms with Crippen molar-refractivity contribution < 1.29 is 5.11 Å². The molecule has 1 heterocycles. The van der Waals surface area contributed by atoms with Crippen molar-refractivity contribution in [2.24, 2.45) is 5.92 Å². The molecule has 0 bridgehead atoms. The molecule has 0 amide bonds. The van der Waals surface area contributed by atoms with Gasteiger partial charge in [-0.15, -0.1) is 0 Å². The summed E-state index contributed by atoms with van der Waals surface area (Å²) in [6, 6.07) is 0.650. The maximum Gasteiger partial charge on any atom is 0.0791 e. The first-order valence-corrected chi connectivity index (χ1v) is 7.93. The van der Waals surface area contributed by atoms with Crippen LogP contribution in [-0.4, -0.2) is 48.3 Å². The van der Waals surface area contributed by atoms with Gasteiger partial charge in [0, 0.05) is 19.1 Å². The van der Waals surface area contributed by atoms with E-state index in [1.165, 1.54) is 58.0 Å². The molecule has 2 fully saturated rings. The lowest BCUT2D eigenvalue weighted by molar-refractivity contribution is 0.113. The molecule has 0 spiro atoms. The molecule has 3 atom stereocenters. The molecule has 0 aromatic rings. The molecule has 0 aromatic carbocycles. The number of β-amino-alcohol motifs (C(OH)–C–C–N with tert-alkyl or cyclic N) is 1. The maximum absolute atomic E-state index is 10.1. The van der Waals surface area contributed by atoms with Gasteiger partial charge in [-0.3, -0.25) is 0 Å². The van der Waals surface area contributed by atoms with Gasteiger partial charge < -0.3 is 15.3 Å². The van der Waals surface area contributed by atoms with E-state index >= 15 is 0 Å². The summed E-state index contributed by atoms with van der Waals surface area (Å²) < 4.78 is 0. The van der Waals surface area contributed by atoms with E-state index in [0.29, 0.717) is 6.04 Å². The van der Waals surface area contributed by atoms with Gasteiger partial charge in [-0.2, -0.15) is 0 Å². The van der Waals surface area contributed by atoms with Crippen LogP contribution in [0.1, 0.15) is 51.9 Å². The van der Waals surface area contributed by atoms with E-state index in [0.717, 1.165) is 19.0 Å². The predicted octanol–water partition coefficient (Wildman–Crippen LogP) is 2.00. The van der Waals surface area contributed by atoms with Crippen LogP contribution in [0.5, 0.6) is 0 Å². The van der Waals surface area contributed by atoms with E-state index in [1.807, 2.05) is 0 Å². The summed E-state index contributed by atoms with van der Waals surface area (Å²) in [6.07, 6.45) is 9.12. The molecule has 1 saturated heterocycles. The molecule has 18 heavy (non-hydrogen) atoms. The predicted molar refractivity (Wildman–Crippen MR) is 75.7 cm³/mol. The van der Waals surface area contributed by atoms with E-state index in [1.54, 1.807) is 0 Å². The molecule has 1 saturated carbocycles. The second-order valence-corrected chi connectivity index (χ2v) is 6.13. The Kier molecular flexibility index (Phi) is 5.93. The van der Waals surface area contributed by atoms with Crippen LogP contribution in [0.2, 0.25) is 0 Å². The van der Waals surface area contributed by atoms with Crippen LogP contribution < -0.4 is 5.32 Å². The number of rotatable bonds is 6. The number of aliphatic hydroxyl groups excluding tert-OH is 1. The Balaban J connectivity index is 1.65. The quantitative estimate of drug-likeness (QED) is 0.761. The smallest absolute Gasteiger partial charge is 0.0791 e. The minimum atomic E-state index is -0.192. The highest BCUT2D eigenvalue weighted by atomic mass is 16.3. The van der Waals surface area contributed by atoms with E-state index in [9.17, 15) is 5.11 Å². The van der Waals surface area contributed by atoms with Gasteiger partial charge in [-0.05, 0) is 44.7 Å². The second kappa shape index (κ2) is 7.46. The first-order valence-electron chi connectivity index (χ1n) is 7.93. The van der Waals surface area contributed by atoms with Crippen LogP contribution >= 0.6 is 0 Å². The lowest BCUT2D eigenvalue weighted by Gasteiger charge is -2.32. The fourth-order valence-corrected chi connectivity index (χ4v) is 3.58. The Hall–Kier alpha value is -0.120. The highest BCUT2D eigenvalue weighted by Crippen LogP contribution is 2.26. The number of likely N-dealkylation sites (tertiary alicyclic amines) is 1. The Morgan fingerprint density at radius 3 is 2.61 bits per heavy atom. The summed E-state index contributed by atoms with van der Waals surface area (Å²) in [5.41, 5.74) is 0. The van der Waals surface area contributed by atoms with Crippen molar-refractivity contribution in [1.82, 2.24) is 10.2 Å². The monoisotopic (exact) mass is 254 g/mol. The maximum atomic E-state index is 10.1. The van der Waals surface area contributed by atoms with E-state index < -0.39 is 0 Å². The van der Waals surface area contributed by atoms with E-state index in [-0.39, 0.29) is 6.10 Å². The van der Waals surface area contributed by atoms with Crippen LogP contribution in [0, 0.1) is 5.92 Å². The average molecular weight is 254 g/mol. The van der Waals surface area contributed by atoms with E-state index in [2.05, 4.69) is 17.1 Å². The zero-order valence-corrected chi connectivity index (χ0v) is 11.9. The molecule has 0 aromatic heterocycles. The fraction of sp³-hybridized carbons (Fsp3) is 1.00. The van der Waals surface area contributed by atoms with Gasteiger partial charge >= 0.3 is 0 Å². The van der Waals surface area contributed by atoms with Crippen molar-refractivity contribution in [1.29, 1.82) is 0 Å². The Bertz CT molecular complexity index is 229. The zero-order valence-electron chi connectivity index (χ0n) is 11.9. The lowest BCUT2D eigenvalue weighted by atomic mass is 9.83. The van der Waals surface area contributed by atoms with Gasteiger partial charge in [-0.25, -0.2) is 0 Å². The van der Waals surface area contributed by atoms with Gasteiger partial charge in [0.1, 0.15) is 0 Å². The third-order valence-corrected chi connectivity index (χ3v) is 4.72. The highest BCUT2D eigenvalue weighted by Gasteiger charge is 2.24. The molecule has 3 heteroatoms. The first-order chi connectivity index (χ1) is 8.79. The van der Waals surface area contributed by atoms with Crippen molar-refractivity contribution in [3.63, 3.8) is 0 Å². The summed E-state index contributed by atoms with van der Waals surface area (Å²) in [5, 5.41) is 13.7. The molecule has 1 aliphatic carbocycles. The number of aliphatic hydroxyl groups is 1. The number of nitrogens with one attached hydrogen (secondary N) is 1. The summed E-state index contributed by atoms with van der Waals surface area (Å²) in [7, 11) is 0. The fourth-order valence-electron chi connectivity index (χ4n) is 3.58. The second-order valence-electron chi connectivity index (χ2n) is 6.13. The third kappa shape index (κ3) is 4.22. The summed E-state index contributed by atoms with van der Waals surface area (Å²) in [4.78, 5) is 2.39. The summed E-state index contributed by atoms with van der Waals surface area (Å²) in [6.45, 7) is 6.29. The molecule has 2 N–H and O–H groups in total. The zero-order chi connectivity index (χ0) is 12.8. The van der Waals surface area contributed by atoms with Gasteiger partial charge in [0.15, 0.2) is 0 Å². The normalized spacial score (nSPS) is 31.7. The van der Waals surface area contributed by atoms with Gasteiger partial charge in [0.25, 0.3) is 0 Å². The molecule has 2 aliphatic rings. The molecule has 106 valence electrons. The van der Waals surface area contributed by atoms with Crippen LogP contribution in [0.25, 0.3) is 0 Å².